The summed E-state index contributed by atoms with van der Waals surface area (Å²) >= 11 is 0. The summed E-state index contributed by atoms with van der Waals surface area (Å²) in [4.78, 5) is 17.0. The number of aromatic nitrogens is 1. The summed E-state index contributed by atoms with van der Waals surface area (Å²) in [6, 6.07) is 12.3. The number of nitrogens with zero attached hydrogens (tertiary/aromatic N) is 3. The largest absolute Gasteiger partial charge is 0.368 e. The Labute approximate surface area is 161 Å². The van der Waals surface area contributed by atoms with Gasteiger partial charge < -0.3 is 14.3 Å². The fraction of sp³-hybridized carbons (Fsp3) is 0.238. The predicted molar refractivity (Wildman–Crippen MR) is 101 cm³/mol. The number of hydrogen-bond donors (Lipinski definition) is 0. The lowest BCUT2D eigenvalue weighted by atomic mass is 10.0. The summed E-state index contributed by atoms with van der Waals surface area (Å²) in [6.07, 6.45) is 0. The number of hydrogen-bond acceptors (Lipinski definition) is 4. The van der Waals surface area contributed by atoms with Crippen molar-refractivity contribution in [2.75, 3.05) is 31.1 Å². The number of aryl methyl sites for hydroxylation is 1. The molecule has 28 heavy (non-hydrogen) atoms. The second-order valence-corrected chi connectivity index (χ2v) is 6.73. The first-order valence-electron chi connectivity index (χ1n) is 9.05. The van der Waals surface area contributed by atoms with Crippen molar-refractivity contribution in [2.45, 2.75) is 6.92 Å². The Kier molecular flexibility index (Phi) is 4.81. The molecule has 1 amide bonds. The van der Waals surface area contributed by atoms with Gasteiger partial charge in [-0.3, -0.25) is 4.79 Å². The van der Waals surface area contributed by atoms with E-state index in [-0.39, 0.29) is 11.7 Å². The van der Waals surface area contributed by atoms with Gasteiger partial charge in [0.25, 0.3) is 5.91 Å². The van der Waals surface area contributed by atoms with E-state index in [1.807, 2.05) is 0 Å². The van der Waals surface area contributed by atoms with Crippen LogP contribution in [0.25, 0.3) is 11.3 Å². The van der Waals surface area contributed by atoms with Crippen LogP contribution in [0.3, 0.4) is 0 Å². The van der Waals surface area contributed by atoms with E-state index >= 15 is 0 Å². The second-order valence-electron chi connectivity index (χ2n) is 6.73. The number of rotatable bonds is 3. The van der Waals surface area contributed by atoms with Crippen LogP contribution in [0.1, 0.15) is 16.1 Å². The molecule has 0 saturated carbocycles. The highest BCUT2D eigenvalue weighted by atomic mass is 19.1. The van der Waals surface area contributed by atoms with Gasteiger partial charge >= 0.3 is 0 Å². The fourth-order valence-corrected chi connectivity index (χ4v) is 3.43. The second kappa shape index (κ2) is 7.42. The van der Waals surface area contributed by atoms with Crippen molar-refractivity contribution < 1.29 is 18.1 Å². The normalized spacial score (nSPS) is 14.4. The van der Waals surface area contributed by atoms with Crippen molar-refractivity contribution in [2.24, 2.45) is 0 Å². The quantitative estimate of drug-likeness (QED) is 0.689. The minimum absolute atomic E-state index is 0.184. The van der Waals surface area contributed by atoms with Crippen molar-refractivity contribution in [3.05, 3.63) is 71.5 Å². The highest BCUT2D eigenvalue weighted by molar-refractivity contribution is 6.00. The number of halogens is 2. The molecule has 0 aliphatic carbocycles. The molecule has 1 aliphatic heterocycles. The van der Waals surface area contributed by atoms with Gasteiger partial charge in [-0.05, 0) is 43.3 Å². The summed E-state index contributed by atoms with van der Waals surface area (Å²) in [6.45, 7) is 3.98. The average Bonchev–Trinajstić information content (AvgIpc) is 3.10. The lowest BCUT2D eigenvalue weighted by Crippen LogP contribution is -2.49. The third-order valence-corrected chi connectivity index (χ3v) is 4.93. The summed E-state index contributed by atoms with van der Waals surface area (Å²) in [5, 5.41) is 3.98. The summed E-state index contributed by atoms with van der Waals surface area (Å²) in [7, 11) is 0. The van der Waals surface area contributed by atoms with Gasteiger partial charge in [0, 0.05) is 37.4 Å². The minimum Gasteiger partial charge on any atom is -0.368 e. The first kappa shape index (κ1) is 18.2. The molecule has 1 aromatic heterocycles. The van der Waals surface area contributed by atoms with Crippen LogP contribution in [0.5, 0.6) is 0 Å². The molecule has 0 radical (unpaired) electrons. The van der Waals surface area contributed by atoms with E-state index in [2.05, 4.69) is 10.1 Å². The molecule has 1 fully saturated rings. The van der Waals surface area contributed by atoms with E-state index in [4.69, 9.17) is 4.52 Å². The molecule has 144 valence electrons. The molecule has 4 rings (SSSR count). The molecule has 0 atom stereocenters. The van der Waals surface area contributed by atoms with E-state index in [9.17, 15) is 13.6 Å². The number of anilines is 1. The van der Waals surface area contributed by atoms with Crippen molar-refractivity contribution in [1.29, 1.82) is 0 Å². The number of benzene rings is 2. The molecule has 1 saturated heterocycles. The monoisotopic (exact) mass is 383 g/mol. The Balaban J connectivity index is 1.52. The van der Waals surface area contributed by atoms with Crippen LogP contribution in [0, 0.1) is 18.6 Å². The Morgan fingerprint density at radius 3 is 2.39 bits per heavy atom. The zero-order valence-electron chi connectivity index (χ0n) is 15.4. The third kappa shape index (κ3) is 3.47. The highest BCUT2D eigenvalue weighted by Gasteiger charge is 2.28. The van der Waals surface area contributed by atoms with Crippen LogP contribution in [-0.2, 0) is 0 Å². The maximum Gasteiger partial charge on any atom is 0.259 e. The molecular weight excluding hydrogens is 364 g/mol. The van der Waals surface area contributed by atoms with Crippen LogP contribution in [0.15, 0.2) is 53.1 Å². The summed E-state index contributed by atoms with van der Waals surface area (Å²) in [5.74, 6) is -0.447. The van der Waals surface area contributed by atoms with Crippen LogP contribution in [-0.4, -0.2) is 42.1 Å². The molecule has 0 unspecified atom stereocenters. The number of piperazine rings is 1. The van der Waals surface area contributed by atoms with Crippen LogP contribution >= 0.6 is 0 Å². The smallest absolute Gasteiger partial charge is 0.259 e. The standard InChI is InChI=1S/C21H19F2N3O2/c1-14-19(20(24-28-14)15-3-2-4-17(23)13-15)21(27)26-11-9-25(10-12-26)18-7-5-16(22)6-8-18/h2-8,13H,9-12H2,1H3. The number of amides is 1. The van der Waals surface area contributed by atoms with Crippen LogP contribution in [0.4, 0.5) is 14.5 Å². The summed E-state index contributed by atoms with van der Waals surface area (Å²) < 4.78 is 31.9. The Bertz CT molecular complexity index is 993. The van der Waals surface area contributed by atoms with E-state index in [1.54, 1.807) is 36.1 Å². The molecule has 2 heterocycles. The van der Waals surface area contributed by atoms with Gasteiger partial charge in [0.1, 0.15) is 28.7 Å². The zero-order chi connectivity index (χ0) is 19.7. The van der Waals surface area contributed by atoms with Crippen molar-refractivity contribution >= 4 is 11.6 Å². The number of carbonyl (C=O) groups excluding carboxylic acids is 1. The van der Waals surface area contributed by atoms with Crippen molar-refractivity contribution in [3.63, 3.8) is 0 Å². The van der Waals surface area contributed by atoms with E-state index < -0.39 is 5.82 Å². The van der Waals surface area contributed by atoms with Crippen molar-refractivity contribution in [3.8, 4) is 11.3 Å². The first-order valence-corrected chi connectivity index (χ1v) is 9.05. The Hall–Kier alpha value is -3.22. The van der Waals surface area contributed by atoms with Gasteiger partial charge in [0.2, 0.25) is 0 Å². The van der Waals surface area contributed by atoms with Gasteiger partial charge in [-0.15, -0.1) is 0 Å². The van der Waals surface area contributed by atoms with Gasteiger partial charge in [0.15, 0.2) is 0 Å². The topological polar surface area (TPSA) is 49.6 Å². The molecule has 5 nitrogen and oxygen atoms in total. The zero-order valence-corrected chi connectivity index (χ0v) is 15.4. The molecular formula is C21H19F2N3O2. The molecule has 0 spiro atoms. The van der Waals surface area contributed by atoms with Crippen molar-refractivity contribution in [1.82, 2.24) is 10.1 Å². The molecule has 7 heteroatoms. The van der Waals surface area contributed by atoms with E-state index in [1.165, 1.54) is 24.3 Å². The number of carbonyl (C=O) groups is 1. The SMILES string of the molecule is Cc1onc(-c2cccc(F)c2)c1C(=O)N1CCN(c2ccc(F)cc2)CC1. The van der Waals surface area contributed by atoms with Gasteiger partial charge in [-0.25, -0.2) is 8.78 Å². The minimum atomic E-state index is -0.399. The lowest BCUT2D eigenvalue weighted by Gasteiger charge is -2.36. The Morgan fingerprint density at radius 2 is 1.71 bits per heavy atom. The Morgan fingerprint density at radius 1 is 1.00 bits per heavy atom. The highest BCUT2D eigenvalue weighted by Crippen LogP contribution is 2.28. The fourth-order valence-electron chi connectivity index (χ4n) is 3.43. The first-order chi connectivity index (χ1) is 13.5. The molecule has 2 aromatic carbocycles. The lowest BCUT2D eigenvalue weighted by molar-refractivity contribution is 0.0745. The van der Waals surface area contributed by atoms with Crippen LogP contribution < -0.4 is 4.90 Å². The van der Waals surface area contributed by atoms with E-state index in [0.29, 0.717) is 48.8 Å². The predicted octanol–water partition coefficient (Wildman–Crippen LogP) is 3.89. The van der Waals surface area contributed by atoms with E-state index in [0.717, 1.165) is 5.69 Å². The molecule has 0 bridgehead atoms. The molecule has 3 aromatic rings. The third-order valence-electron chi connectivity index (χ3n) is 4.93. The molecule has 0 N–H and O–H groups in total. The van der Waals surface area contributed by atoms with Gasteiger partial charge in [-0.1, -0.05) is 17.3 Å². The average molecular weight is 383 g/mol. The van der Waals surface area contributed by atoms with Gasteiger partial charge in [-0.2, -0.15) is 0 Å². The van der Waals surface area contributed by atoms with Gasteiger partial charge in [0.05, 0.1) is 0 Å². The molecule has 1 aliphatic rings. The maximum absolute atomic E-state index is 13.6. The maximum atomic E-state index is 13.6. The summed E-state index contributed by atoms with van der Waals surface area (Å²) in [5.41, 5.74) is 2.14. The van der Waals surface area contributed by atoms with Crippen LogP contribution in [0.2, 0.25) is 0 Å².